The number of thiazole rings is 1. The number of nitrogens with zero attached hydrogens (tertiary/aromatic N) is 1. The molecule has 1 aromatic rings. The first-order chi connectivity index (χ1) is 6.72. The highest BCUT2D eigenvalue weighted by molar-refractivity contribution is 7.11. The Morgan fingerprint density at radius 1 is 1.50 bits per heavy atom. The van der Waals surface area contributed by atoms with Gasteiger partial charge < -0.3 is 5.11 Å². The largest absolute Gasteiger partial charge is 0.389 e. The lowest BCUT2D eigenvalue weighted by atomic mass is 9.81. The van der Waals surface area contributed by atoms with Gasteiger partial charge in [0.05, 0.1) is 12.3 Å². The minimum absolute atomic E-state index is 0.0944. The molecule has 14 heavy (non-hydrogen) atoms. The van der Waals surface area contributed by atoms with Crippen molar-refractivity contribution in [2.24, 2.45) is 0 Å². The van der Waals surface area contributed by atoms with Gasteiger partial charge in [0.25, 0.3) is 0 Å². The Kier molecular flexibility index (Phi) is 2.88. The molecule has 78 valence electrons. The molecule has 2 nitrogen and oxygen atoms in total. The monoisotopic (exact) mass is 211 g/mol. The second-order valence-corrected chi connectivity index (χ2v) is 5.41. The third-order valence-electron chi connectivity index (χ3n) is 2.88. The summed E-state index contributed by atoms with van der Waals surface area (Å²) in [5, 5.41) is 9.96. The van der Waals surface area contributed by atoms with E-state index in [9.17, 15) is 0 Å². The molecule has 0 aromatic carbocycles. The number of aromatic nitrogens is 1. The highest BCUT2D eigenvalue weighted by atomic mass is 32.1. The smallest absolute Gasteiger partial charge is 0.119 e. The lowest BCUT2D eigenvalue weighted by Crippen LogP contribution is -2.11. The van der Waals surface area contributed by atoms with E-state index in [0.717, 1.165) is 5.01 Å². The predicted octanol–water partition coefficient (Wildman–Crippen LogP) is 3.03. The third kappa shape index (κ3) is 1.71. The van der Waals surface area contributed by atoms with Gasteiger partial charge in [0, 0.05) is 10.8 Å². The second kappa shape index (κ2) is 3.99. The molecule has 0 aliphatic heterocycles. The minimum Gasteiger partial charge on any atom is -0.389 e. The maximum atomic E-state index is 9.08. The van der Waals surface area contributed by atoms with E-state index in [2.05, 4.69) is 18.8 Å². The van der Waals surface area contributed by atoms with Crippen LogP contribution < -0.4 is 0 Å². The Labute approximate surface area is 89.0 Å². The first-order valence-electron chi connectivity index (χ1n) is 5.32. The predicted molar refractivity (Wildman–Crippen MR) is 58.7 cm³/mol. The molecule has 3 heteroatoms. The fourth-order valence-corrected chi connectivity index (χ4v) is 2.86. The first kappa shape index (κ1) is 10.1. The summed E-state index contributed by atoms with van der Waals surface area (Å²) in [5.41, 5.74) is 1.28. The van der Waals surface area contributed by atoms with Crippen molar-refractivity contribution in [1.29, 1.82) is 0 Å². The van der Waals surface area contributed by atoms with Crippen LogP contribution in [0.25, 0.3) is 0 Å². The van der Waals surface area contributed by atoms with Gasteiger partial charge in [-0.2, -0.15) is 0 Å². The van der Waals surface area contributed by atoms with Gasteiger partial charge in [0.2, 0.25) is 0 Å². The Morgan fingerprint density at radius 3 is 2.64 bits per heavy atom. The van der Waals surface area contributed by atoms with Crippen LogP contribution in [0.5, 0.6) is 0 Å². The highest BCUT2D eigenvalue weighted by Gasteiger charge is 2.26. The van der Waals surface area contributed by atoms with E-state index in [1.165, 1.54) is 29.8 Å². The van der Waals surface area contributed by atoms with Gasteiger partial charge in [-0.1, -0.05) is 20.3 Å². The molecule has 1 aromatic heterocycles. The van der Waals surface area contributed by atoms with Crippen molar-refractivity contribution in [1.82, 2.24) is 4.98 Å². The lowest BCUT2D eigenvalue weighted by molar-refractivity contribution is 0.280. The zero-order valence-corrected chi connectivity index (χ0v) is 9.60. The second-order valence-electron chi connectivity index (χ2n) is 4.30. The fraction of sp³-hybridized carbons (Fsp3) is 0.727. The molecule has 0 unspecified atom stereocenters. The number of hydrogen-bond donors (Lipinski definition) is 1. The zero-order valence-electron chi connectivity index (χ0n) is 8.79. The Morgan fingerprint density at radius 2 is 2.21 bits per heavy atom. The van der Waals surface area contributed by atoms with Gasteiger partial charge in [0.1, 0.15) is 5.01 Å². The molecule has 0 saturated heterocycles. The topological polar surface area (TPSA) is 33.1 Å². The van der Waals surface area contributed by atoms with Gasteiger partial charge in [-0.25, -0.2) is 4.98 Å². The zero-order chi connectivity index (χ0) is 10.1. The summed E-state index contributed by atoms with van der Waals surface area (Å²) in [4.78, 5) is 5.93. The maximum Gasteiger partial charge on any atom is 0.119 e. The summed E-state index contributed by atoms with van der Waals surface area (Å²) in [5.74, 6) is 1.23. The average Bonchev–Trinajstić information content (AvgIpc) is 2.45. The van der Waals surface area contributed by atoms with E-state index in [4.69, 9.17) is 5.11 Å². The van der Waals surface area contributed by atoms with Crippen LogP contribution in [0.1, 0.15) is 60.5 Å². The molecule has 0 amide bonds. The van der Waals surface area contributed by atoms with Crippen LogP contribution in [-0.4, -0.2) is 10.1 Å². The highest BCUT2D eigenvalue weighted by Crippen LogP contribution is 2.41. The van der Waals surface area contributed by atoms with E-state index < -0.39 is 0 Å². The molecule has 0 atom stereocenters. The van der Waals surface area contributed by atoms with Gasteiger partial charge in [-0.05, 0) is 18.8 Å². The molecule has 1 aliphatic carbocycles. The number of hydrogen-bond acceptors (Lipinski definition) is 3. The molecule has 1 saturated carbocycles. The molecular formula is C11H17NOS. The van der Waals surface area contributed by atoms with Crippen LogP contribution in [0.15, 0.2) is 0 Å². The molecule has 1 heterocycles. The summed E-state index contributed by atoms with van der Waals surface area (Å²) in [6, 6.07) is 0. The average molecular weight is 211 g/mol. The van der Waals surface area contributed by atoms with Crippen LogP contribution in [0.4, 0.5) is 0 Å². The normalized spacial score (nSPS) is 17.4. The SMILES string of the molecule is CC(C)c1sc(CO)nc1C1CCC1. The van der Waals surface area contributed by atoms with Crippen LogP contribution >= 0.6 is 11.3 Å². The van der Waals surface area contributed by atoms with Crippen LogP contribution in [0, 0.1) is 0 Å². The molecule has 2 rings (SSSR count). The number of aliphatic hydroxyl groups excluding tert-OH is 1. The summed E-state index contributed by atoms with van der Waals surface area (Å²) in [7, 11) is 0. The van der Waals surface area contributed by atoms with Gasteiger partial charge in [-0.3, -0.25) is 0 Å². The van der Waals surface area contributed by atoms with Gasteiger partial charge >= 0.3 is 0 Å². The van der Waals surface area contributed by atoms with Gasteiger partial charge in [-0.15, -0.1) is 11.3 Å². The summed E-state index contributed by atoms with van der Waals surface area (Å²) < 4.78 is 0. The van der Waals surface area contributed by atoms with Crippen molar-refractivity contribution < 1.29 is 5.11 Å². The van der Waals surface area contributed by atoms with E-state index >= 15 is 0 Å². The minimum atomic E-state index is 0.0944. The molecule has 1 fully saturated rings. The molecule has 1 N–H and O–H groups in total. The quantitative estimate of drug-likeness (QED) is 0.833. The summed E-state index contributed by atoms with van der Waals surface area (Å²) in [6.07, 6.45) is 3.91. The lowest BCUT2D eigenvalue weighted by Gasteiger charge is -2.25. The first-order valence-corrected chi connectivity index (χ1v) is 6.14. The summed E-state index contributed by atoms with van der Waals surface area (Å²) in [6.45, 7) is 4.50. The van der Waals surface area contributed by atoms with Gasteiger partial charge in [0.15, 0.2) is 0 Å². The Balaban J connectivity index is 2.30. The van der Waals surface area contributed by atoms with Crippen molar-refractivity contribution in [2.75, 3.05) is 0 Å². The van der Waals surface area contributed by atoms with E-state index in [-0.39, 0.29) is 6.61 Å². The molecule has 0 spiro atoms. The van der Waals surface area contributed by atoms with Crippen LogP contribution in [0.2, 0.25) is 0 Å². The number of rotatable bonds is 3. The van der Waals surface area contributed by atoms with E-state index in [1.54, 1.807) is 11.3 Å². The van der Waals surface area contributed by atoms with Crippen molar-refractivity contribution >= 4 is 11.3 Å². The van der Waals surface area contributed by atoms with Crippen LogP contribution in [0.3, 0.4) is 0 Å². The van der Waals surface area contributed by atoms with E-state index in [1.807, 2.05) is 0 Å². The Hall–Kier alpha value is -0.410. The molecular weight excluding hydrogens is 194 g/mol. The molecule has 1 aliphatic rings. The third-order valence-corrected chi connectivity index (χ3v) is 4.23. The van der Waals surface area contributed by atoms with Crippen molar-refractivity contribution in [3.05, 3.63) is 15.6 Å². The Bertz CT molecular complexity index is 315. The van der Waals surface area contributed by atoms with Crippen LogP contribution in [-0.2, 0) is 6.61 Å². The summed E-state index contributed by atoms with van der Waals surface area (Å²) >= 11 is 1.68. The standard InChI is InChI=1S/C11H17NOS/c1-7(2)11-10(8-4-3-5-8)12-9(6-13)14-11/h7-8,13H,3-6H2,1-2H3. The molecule has 0 radical (unpaired) electrons. The fourth-order valence-electron chi connectivity index (χ4n) is 1.85. The van der Waals surface area contributed by atoms with Crippen molar-refractivity contribution in [3.63, 3.8) is 0 Å². The van der Waals surface area contributed by atoms with E-state index in [0.29, 0.717) is 11.8 Å². The number of aliphatic hydroxyl groups is 1. The molecule has 0 bridgehead atoms. The maximum absolute atomic E-state index is 9.08. The van der Waals surface area contributed by atoms with Crippen molar-refractivity contribution in [3.8, 4) is 0 Å². The van der Waals surface area contributed by atoms with Crippen molar-refractivity contribution in [2.45, 2.75) is 51.6 Å².